The van der Waals surface area contributed by atoms with Crippen molar-refractivity contribution in [3.8, 4) is 0 Å². The van der Waals surface area contributed by atoms with Gasteiger partial charge in [0.2, 0.25) is 0 Å². The molecule has 0 heterocycles. The van der Waals surface area contributed by atoms with Gasteiger partial charge in [0.25, 0.3) is 0 Å². The SMILES string of the molecule is COC(=O)Nc1ccccc1/C(C)=N/Nc1ccccc1. The van der Waals surface area contributed by atoms with Gasteiger partial charge in [-0.25, -0.2) is 4.79 Å². The number of methoxy groups -OCH3 is 1. The van der Waals surface area contributed by atoms with Crippen molar-refractivity contribution in [1.29, 1.82) is 0 Å². The lowest BCUT2D eigenvalue weighted by atomic mass is 10.1. The van der Waals surface area contributed by atoms with Crippen LogP contribution in [0.25, 0.3) is 0 Å². The molecule has 108 valence electrons. The molecular formula is C16H17N3O2. The molecule has 0 saturated heterocycles. The minimum absolute atomic E-state index is 0.508. The van der Waals surface area contributed by atoms with Crippen LogP contribution in [0.3, 0.4) is 0 Å². The Morgan fingerprint density at radius 3 is 2.43 bits per heavy atom. The van der Waals surface area contributed by atoms with Gasteiger partial charge in [0, 0.05) is 5.56 Å². The normalized spacial score (nSPS) is 10.9. The molecule has 0 aliphatic rings. The zero-order valence-electron chi connectivity index (χ0n) is 12.0. The Balaban J connectivity index is 2.18. The van der Waals surface area contributed by atoms with Crippen molar-refractivity contribution in [2.24, 2.45) is 5.10 Å². The summed E-state index contributed by atoms with van der Waals surface area (Å²) in [5.74, 6) is 0. The average molecular weight is 283 g/mol. The van der Waals surface area contributed by atoms with Crippen LogP contribution >= 0.6 is 0 Å². The molecule has 1 amide bonds. The molecule has 0 aliphatic heterocycles. The Kier molecular flexibility index (Phi) is 4.93. The molecule has 5 nitrogen and oxygen atoms in total. The van der Waals surface area contributed by atoms with Crippen LogP contribution in [-0.4, -0.2) is 18.9 Å². The van der Waals surface area contributed by atoms with Crippen LogP contribution in [0.1, 0.15) is 12.5 Å². The van der Waals surface area contributed by atoms with Crippen LogP contribution in [0, 0.1) is 0 Å². The summed E-state index contributed by atoms with van der Waals surface area (Å²) in [6.07, 6.45) is -0.508. The maximum atomic E-state index is 11.3. The highest BCUT2D eigenvalue weighted by molar-refractivity contribution is 6.05. The van der Waals surface area contributed by atoms with Crippen LogP contribution in [0.2, 0.25) is 0 Å². The Bertz CT molecular complexity index is 639. The van der Waals surface area contributed by atoms with Crippen LogP contribution in [0.5, 0.6) is 0 Å². The van der Waals surface area contributed by atoms with Crippen molar-refractivity contribution in [1.82, 2.24) is 0 Å². The first kappa shape index (κ1) is 14.6. The van der Waals surface area contributed by atoms with Crippen molar-refractivity contribution < 1.29 is 9.53 Å². The van der Waals surface area contributed by atoms with Gasteiger partial charge in [-0.15, -0.1) is 0 Å². The monoisotopic (exact) mass is 283 g/mol. The first-order valence-electron chi connectivity index (χ1n) is 6.50. The number of nitrogens with one attached hydrogen (secondary N) is 2. The fourth-order valence-electron chi connectivity index (χ4n) is 1.79. The van der Waals surface area contributed by atoms with Gasteiger partial charge in [-0.05, 0) is 25.1 Å². The van der Waals surface area contributed by atoms with Gasteiger partial charge in [-0.1, -0.05) is 36.4 Å². The third kappa shape index (κ3) is 4.07. The van der Waals surface area contributed by atoms with E-state index in [1.165, 1.54) is 7.11 Å². The Labute approximate surface area is 123 Å². The molecule has 0 radical (unpaired) electrons. The minimum Gasteiger partial charge on any atom is -0.453 e. The largest absolute Gasteiger partial charge is 0.453 e. The summed E-state index contributed by atoms with van der Waals surface area (Å²) in [6.45, 7) is 1.87. The summed E-state index contributed by atoms with van der Waals surface area (Å²) in [7, 11) is 1.33. The van der Waals surface area contributed by atoms with Crippen LogP contribution in [-0.2, 0) is 4.74 Å². The lowest BCUT2D eigenvalue weighted by molar-refractivity contribution is 0.187. The molecule has 0 atom stereocenters. The number of amides is 1. The summed E-state index contributed by atoms with van der Waals surface area (Å²) >= 11 is 0. The highest BCUT2D eigenvalue weighted by Gasteiger charge is 2.08. The number of ether oxygens (including phenoxy) is 1. The number of hydrogen-bond donors (Lipinski definition) is 2. The Hall–Kier alpha value is -2.82. The molecule has 5 heteroatoms. The first-order chi connectivity index (χ1) is 10.2. The van der Waals surface area contributed by atoms with Gasteiger partial charge in [-0.2, -0.15) is 5.10 Å². The maximum absolute atomic E-state index is 11.3. The van der Waals surface area contributed by atoms with E-state index in [0.29, 0.717) is 5.69 Å². The number of hydrogen-bond acceptors (Lipinski definition) is 4. The van der Waals surface area contributed by atoms with Crippen molar-refractivity contribution in [2.45, 2.75) is 6.92 Å². The second kappa shape index (κ2) is 7.09. The summed E-state index contributed by atoms with van der Waals surface area (Å²) in [4.78, 5) is 11.3. The van der Waals surface area contributed by atoms with Gasteiger partial charge in [-0.3, -0.25) is 10.7 Å². The fourth-order valence-corrected chi connectivity index (χ4v) is 1.79. The third-order valence-corrected chi connectivity index (χ3v) is 2.87. The number of benzene rings is 2. The molecular weight excluding hydrogens is 266 g/mol. The van der Waals surface area contributed by atoms with Crippen LogP contribution in [0.15, 0.2) is 59.7 Å². The lowest BCUT2D eigenvalue weighted by Crippen LogP contribution is -2.14. The third-order valence-electron chi connectivity index (χ3n) is 2.87. The van der Waals surface area contributed by atoms with Crippen molar-refractivity contribution in [3.05, 3.63) is 60.2 Å². The molecule has 0 spiro atoms. The smallest absolute Gasteiger partial charge is 0.411 e. The highest BCUT2D eigenvalue weighted by atomic mass is 16.5. The van der Waals surface area contributed by atoms with Crippen molar-refractivity contribution >= 4 is 23.2 Å². The highest BCUT2D eigenvalue weighted by Crippen LogP contribution is 2.17. The van der Waals surface area contributed by atoms with Gasteiger partial charge < -0.3 is 4.74 Å². The van der Waals surface area contributed by atoms with Gasteiger partial charge in [0.1, 0.15) is 0 Å². The number of carbonyl (C=O) groups excluding carboxylic acids is 1. The number of carbonyl (C=O) groups is 1. The van der Waals surface area contributed by atoms with Gasteiger partial charge in [0.05, 0.1) is 24.2 Å². The molecule has 0 bridgehead atoms. The molecule has 0 unspecified atom stereocenters. The van der Waals surface area contributed by atoms with Gasteiger partial charge >= 0.3 is 6.09 Å². The molecule has 0 fully saturated rings. The molecule has 2 aromatic carbocycles. The van der Waals surface area contributed by atoms with E-state index >= 15 is 0 Å². The number of hydrazone groups is 1. The number of anilines is 2. The lowest BCUT2D eigenvalue weighted by Gasteiger charge is -2.10. The van der Waals surface area contributed by atoms with E-state index in [0.717, 1.165) is 17.0 Å². The van der Waals surface area contributed by atoms with E-state index in [1.54, 1.807) is 6.07 Å². The topological polar surface area (TPSA) is 62.7 Å². The van der Waals surface area contributed by atoms with Crippen LogP contribution in [0.4, 0.5) is 16.2 Å². The number of rotatable bonds is 4. The molecule has 0 aliphatic carbocycles. The number of nitrogens with zero attached hydrogens (tertiary/aromatic N) is 1. The Morgan fingerprint density at radius 2 is 1.71 bits per heavy atom. The zero-order chi connectivity index (χ0) is 15.1. The second-order valence-corrected chi connectivity index (χ2v) is 4.34. The van der Waals surface area contributed by atoms with E-state index < -0.39 is 6.09 Å². The predicted molar refractivity (Wildman–Crippen MR) is 84.7 cm³/mol. The summed E-state index contributed by atoms with van der Waals surface area (Å²) < 4.78 is 4.61. The van der Waals surface area contributed by atoms with E-state index in [2.05, 4.69) is 20.6 Å². The quantitative estimate of drug-likeness (QED) is 0.664. The standard InChI is InChI=1S/C16H17N3O2/c1-12(18-19-13-8-4-3-5-9-13)14-10-6-7-11-15(14)17-16(20)21-2/h3-11,19H,1-2H3,(H,17,20)/b18-12+. The molecule has 2 N–H and O–H groups in total. The van der Waals surface area contributed by atoms with E-state index in [4.69, 9.17) is 0 Å². The summed E-state index contributed by atoms with van der Waals surface area (Å²) in [6, 6.07) is 17.1. The second-order valence-electron chi connectivity index (χ2n) is 4.34. The fraction of sp³-hybridized carbons (Fsp3) is 0.125. The summed E-state index contributed by atoms with van der Waals surface area (Å²) in [5, 5.41) is 7.00. The van der Waals surface area contributed by atoms with Crippen molar-refractivity contribution in [2.75, 3.05) is 17.9 Å². The first-order valence-corrected chi connectivity index (χ1v) is 6.50. The molecule has 21 heavy (non-hydrogen) atoms. The maximum Gasteiger partial charge on any atom is 0.411 e. The average Bonchev–Trinajstić information content (AvgIpc) is 2.54. The zero-order valence-corrected chi connectivity index (χ0v) is 12.0. The van der Waals surface area contributed by atoms with Crippen molar-refractivity contribution in [3.63, 3.8) is 0 Å². The van der Waals surface area contributed by atoms with Crippen LogP contribution < -0.4 is 10.7 Å². The summed E-state index contributed by atoms with van der Waals surface area (Å²) in [5.41, 5.74) is 6.11. The molecule has 2 aromatic rings. The van der Waals surface area contributed by atoms with E-state index in [9.17, 15) is 4.79 Å². The molecule has 0 aromatic heterocycles. The van der Waals surface area contributed by atoms with E-state index in [1.807, 2.05) is 55.5 Å². The molecule has 0 saturated carbocycles. The van der Waals surface area contributed by atoms with E-state index in [-0.39, 0.29) is 0 Å². The Morgan fingerprint density at radius 1 is 1.05 bits per heavy atom. The van der Waals surface area contributed by atoms with Gasteiger partial charge in [0.15, 0.2) is 0 Å². The predicted octanol–water partition coefficient (Wildman–Crippen LogP) is 3.70. The molecule has 2 rings (SSSR count). The minimum atomic E-state index is -0.508. The number of para-hydroxylation sites is 2.